The second kappa shape index (κ2) is 9.97. The number of H-pyrrole nitrogens is 1. The Balaban J connectivity index is 1.44. The first-order chi connectivity index (χ1) is 19.1. The molecule has 40 heavy (non-hydrogen) atoms. The van der Waals surface area contributed by atoms with Gasteiger partial charge in [-0.25, -0.2) is 4.90 Å². The molecule has 2 amide bonds. The second-order valence-corrected chi connectivity index (χ2v) is 11.8. The van der Waals surface area contributed by atoms with E-state index in [0.29, 0.717) is 26.1 Å². The zero-order valence-corrected chi connectivity index (χ0v) is 22.5. The Bertz CT molecular complexity index is 1700. The minimum absolute atomic E-state index is 0.239. The van der Waals surface area contributed by atoms with Crippen molar-refractivity contribution in [3.05, 3.63) is 110 Å². The summed E-state index contributed by atoms with van der Waals surface area (Å²) in [4.78, 5) is 43.6. The molecule has 2 aliphatic rings. The number of hydrogen-bond donors (Lipinski definition) is 1. The average molecular weight is 583 g/mol. The topological polar surface area (TPSA) is 79.5 Å². The van der Waals surface area contributed by atoms with Gasteiger partial charge in [0.25, 0.3) is 0 Å². The van der Waals surface area contributed by atoms with Gasteiger partial charge in [-0.1, -0.05) is 83.3 Å². The fourth-order valence-corrected chi connectivity index (χ4v) is 7.84. The first-order valence-electron chi connectivity index (χ1n) is 12.3. The van der Waals surface area contributed by atoms with E-state index in [1.54, 1.807) is 24.3 Å². The van der Waals surface area contributed by atoms with Gasteiger partial charge in [-0.2, -0.15) is 13.2 Å². The molecule has 6 nitrogen and oxygen atoms in total. The van der Waals surface area contributed by atoms with Crippen LogP contribution in [0.1, 0.15) is 33.0 Å². The summed E-state index contributed by atoms with van der Waals surface area (Å²) in [6, 6.07) is 19.4. The highest BCUT2D eigenvalue weighted by Crippen LogP contribution is 2.55. The fraction of sp³-hybridized carbons (Fsp3) is 0.207. The van der Waals surface area contributed by atoms with E-state index in [2.05, 4.69) is 4.98 Å². The fourth-order valence-electron chi connectivity index (χ4n) is 5.33. The van der Waals surface area contributed by atoms with Crippen LogP contribution in [0.3, 0.4) is 0 Å². The van der Waals surface area contributed by atoms with Crippen LogP contribution in [-0.4, -0.2) is 22.0 Å². The van der Waals surface area contributed by atoms with Crippen LogP contribution in [0.25, 0.3) is 0 Å². The molecule has 2 aliphatic heterocycles. The van der Waals surface area contributed by atoms with Gasteiger partial charge < -0.3 is 9.72 Å². The highest BCUT2D eigenvalue weighted by Gasteiger charge is 2.57. The number of para-hydroxylation sites is 2. The van der Waals surface area contributed by atoms with Crippen LogP contribution in [0.5, 0.6) is 5.75 Å². The van der Waals surface area contributed by atoms with Crippen LogP contribution in [0.15, 0.2) is 82.6 Å². The van der Waals surface area contributed by atoms with Crippen molar-refractivity contribution < 1.29 is 27.5 Å². The van der Waals surface area contributed by atoms with Crippen LogP contribution in [0, 0.1) is 12.8 Å². The number of aromatic nitrogens is 1. The number of anilines is 1. The molecule has 0 radical (unpaired) electrons. The summed E-state index contributed by atoms with van der Waals surface area (Å²) in [5.74, 6) is -2.86. The number of thioether (sulfide) groups is 1. The smallest absolute Gasteiger partial charge is 0.418 e. The number of benzene rings is 3. The van der Waals surface area contributed by atoms with Gasteiger partial charge in [-0.15, -0.1) is 0 Å². The van der Waals surface area contributed by atoms with Gasteiger partial charge in [0.2, 0.25) is 11.8 Å². The number of imide groups is 1. The van der Waals surface area contributed by atoms with Crippen molar-refractivity contribution in [2.24, 2.45) is 5.92 Å². The van der Waals surface area contributed by atoms with Crippen LogP contribution in [0.2, 0.25) is 0 Å². The zero-order valence-electron chi connectivity index (χ0n) is 20.9. The molecule has 3 atom stereocenters. The molecule has 0 saturated carbocycles. The largest absolute Gasteiger partial charge is 0.489 e. The van der Waals surface area contributed by atoms with E-state index in [0.717, 1.165) is 46.4 Å². The molecule has 4 aromatic rings. The van der Waals surface area contributed by atoms with Crippen molar-refractivity contribution in [2.45, 2.75) is 35.9 Å². The summed E-state index contributed by atoms with van der Waals surface area (Å²) >= 11 is 1.93. The number of nitrogens with one attached hydrogen (secondary N) is 1. The predicted octanol–water partition coefficient (Wildman–Crippen LogP) is 6.14. The lowest BCUT2D eigenvalue weighted by Gasteiger charge is -2.30. The summed E-state index contributed by atoms with van der Waals surface area (Å²) in [6.07, 6.45) is -4.77. The quantitative estimate of drug-likeness (QED) is 0.286. The number of halogens is 3. The number of alkyl halides is 3. The highest BCUT2D eigenvalue weighted by atomic mass is 32.2. The number of thiazole rings is 1. The lowest BCUT2D eigenvalue weighted by molar-refractivity contribution is -0.137. The summed E-state index contributed by atoms with van der Waals surface area (Å²) in [5.41, 5.74) is 1.01. The number of aromatic amines is 1. The van der Waals surface area contributed by atoms with Gasteiger partial charge in [0.15, 0.2) is 0 Å². The maximum Gasteiger partial charge on any atom is 0.418 e. The number of carbonyl (C=O) groups is 2. The van der Waals surface area contributed by atoms with Crippen molar-refractivity contribution in [3.8, 4) is 5.75 Å². The average Bonchev–Trinajstić information content (AvgIpc) is 3.41. The third-order valence-electron chi connectivity index (χ3n) is 7.01. The number of ether oxygens (including phenoxy) is 1. The molecule has 1 N–H and O–H groups in total. The van der Waals surface area contributed by atoms with Gasteiger partial charge in [0, 0.05) is 16.4 Å². The van der Waals surface area contributed by atoms with Gasteiger partial charge in [-0.3, -0.25) is 14.4 Å². The molecular formula is C29H21F3N2O4S2. The standard InChI is InChI=1S/C29H21F3N2O4S2/c1-15-7-6-8-16(13-15)14-38-20-12-5-2-9-17(20)21-22-24(39-25-23(21)40-28(37)33-25)27(36)34(26(22)35)19-11-4-3-10-18(19)29(30,31)32/h2-13,21-22,24H,14H2,1H3,(H,33,37). The maximum atomic E-state index is 14.0. The molecule has 3 heterocycles. The Morgan fingerprint density at radius 2 is 1.70 bits per heavy atom. The van der Waals surface area contributed by atoms with Gasteiger partial charge in [0.05, 0.1) is 22.2 Å². The van der Waals surface area contributed by atoms with E-state index >= 15 is 0 Å². The molecule has 204 valence electrons. The Kier molecular flexibility index (Phi) is 6.58. The Morgan fingerprint density at radius 1 is 0.950 bits per heavy atom. The van der Waals surface area contributed by atoms with Gasteiger partial charge in [0.1, 0.15) is 17.6 Å². The van der Waals surface area contributed by atoms with Gasteiger partial charge >= 0.3 is 11.0 Å². The number of carbonyl (C=O) groups excluding carboxylic acids is 2. The molecule has 0 bridgehead atoms. The van der Waals surface area contributed by atoms with E-state index in [1.807, 2.05) is 31.2 Å². The van der Waals surface area contributed by atoms with E-state index in [-0.39, 0.29) is 11.5 Å². The minimum Gasteiger partial charge on any atom is -0.489 e. The molecular weight excluding hydrogens is 561 g/mol. The molecule has 3 aromatic carbocycles. The third kappa shape index (κ3) is 4.52. The molecule has 1 aromatic heterocycles. The summed E-state index contributed by atoms with van der Waals surface area (Å²) in [5, 5.41) is -0.594. The number of rotatable bonds is 5. The third-order valence-corrected chi connectivity index (χ3v) is 9.41. The molecule has 0 aliphatic carbocycles. The molecule has 3 unspecified atom stereocenters. The second-order valence-electron chi connectivity index (χ2n) is 9.59. The summed E-state index contributed by atoms with van der Waals surface area (Å²) < 4.78 is 47.8. The van der Waals surface area contributed by atoms with E-state index in [1.165, 1.54) is 12.1 Å². The SMILES string of the molecule is Cc1cccc(COc2ccccc2C2c3sc(=O)[nH]c3SC3C(=O)N(c4ccccc4C(F)(F)F)C(=O)C32)c1. The van der Waals surface area contributed by atoms with Crippen LogP contribution < -0.4 is 14.5 Å². The lowest BCUT2D eigenvalue weighted by atomic mass is 9.82. The maximum absolute atomic E-state index is 14.0. The molecule has 11 heteroatoms. The van der Waals surface area contributed by atoms with Crippen molar-refractivity contribution in [1.29, 1.82) is 0 Å². The Hall–Kier alpha value is -3.83. The van der Waals surface area contributed by atoms with Crippen LogP contribution >= 0.6 is 23.1 Å². The van der Waals surface area contributed by atoms with Gasteiger partial charge in [-0.05, 0) is 30.7 Å². The number of amides is 2. The number of aryl methyl sites for hydroxylation is 1. The van der Waals surface area contributed by atoms with Crippen molar-refractivity contribution in [2.75, 3.05) is 4.90 Å². The predicted molar refractivity (Wildman–Crippen MR) is 146 cm³/mol. The number of fused-ring (bicyclic) bond motifs is 2. The minimum atomic E-state index is -4.77. The van der Waals surface area contributed by atoms with Crippen LogP contribution in [-0.2, 0) is 22.4 Å². The number of nitrogens with zero attached hydrogens (tertiary/aromatic N) is 1. The van der Waals surface area contributed by atoms with Crippen LogP contribution in [0.4, 0.5) is 18.9 Å². The first kappa shape index (κ1) is 26.4. The summed E-state index contributed by atoms with van der Waals surface area (Å²) in [7, 11) is 0. The van der Waals surface area contributed by atoms with Crippen molar-refractivity contribution in [1.82, 2.24) is 4.98 Å². The highest BCUT2D eigenvalue weighted by molar-refractivity contribution is 8.00. The molecule has 6 rings (SSSR count). The van der Waals surface area contributed by atoms with Crippen molar-refractivity contribution in [3.63, 3.8) is 0 Å². The normalized spacial score (nSPS) is 20.4. The monoisotopic (exact) mass is 582 g/mol. The number of hydrogen-bond acceptors (Lipinski definition) is 6. The van der Waals surface area contributed by atoms with E-state index in [4.69, 9.17) is 4.74 Å². The zero-order chi connectivity index (χ0) is 28.2. The van der Waals surface area contributed by atoms with E-state index < -0.39 is 46.3 Å². The lowest BCUT2D eigenvalue weighted by Crippen LogP contribution is -2.33. The first-order valence-corrected chi connectivity index (χ1v) is 14.0. The molecule has 1 fully saturated rings. The molecule has 1 saturated heterocycles. The Labute approximate surface area is 234 Å². The Morgan fingerprint density at radius 3 is 2.48 bits per heavy atom. The summed E-state index contributed by atoms with van der Waals surface area (Å²) in [6.45, 7) is 2.21. The van der Waals surface area contributed by atoms with E-state index in [9.17, 15) is 27.6 Å². The molecule has 0 spiro atoms. The van der Waals surface area contributed by atoms with Crippen molar-refractivity contribution >= 4 is 40.6 Å².